The molecule has 0 radical (unpaired) electrons. The average Bonchev–Trinajstić information content (AvgIpc) is 2.57. The van der Waals surface area contributed by atoms with Gasteiger partial charge in [0.15, 0.2) is 0 Å². The molecule has 1 fully saturated rings. The zero-order valence-electron chi connectivity index (χ0n) is 13.8. The van der Waals surface area contributed by atoms with Crippen LogP contribution in [0.15, 0.2) is 53.4 Å². The van der Waals surface area contributed by atoms with E-state index in [2.05, 4.69) is 16.7 Å². The molecule has 0 bridgehead atoms. The lowest BCUT2D eigenvalue weighted by atomic mass is 10.0. The second-order valence-electron chi connectivity index (χ2n) is 6.31. The minimum Gasteiger partial charge on any atom is -0.398 e. The number of anilines is 1. The van der Waals surface area contributed by atoms with Gasteiger partial charge in [-0.2, -0.15) is 0 Å². The highest BCUT2D eigenvalue weighted by Gasteiger charge is 2.23. The van der Waals surface area contributed by atoms with Crippen molar-refractivity contribution in [1.29, 1.82) is 0 Å². The summed E-state index contributed by atoms with van der Waals surface area (Å²) in [5, 5.41) is 0. The van der Waals surface area contributed by atoms with Gasteiger partial charge in [-0.15, -0.1) is 0 Å². The molecule has 0 spiro atoms. The van der Waals surface area contributed by atoms with Crippen LogP contribution in [0.2, 0.25) is 0 Å². The zero-order valence-corrected chi connectivity index (χ0v) is 14.6. The molecule has 3 rings (SSSR count). The van der Waals surface area contributed by atoms with Crippen molar-refractivity contribution >= 4 is 15.7 Å². The number of nitrogens with one attached hydrogen (secondary N) is 1. The van der Waals surface area contributed by atoms with E-state index >= 15 is 0 Å². The van der Waals surface area contributed by atoms with E-state index in [-0.39, 0.29) is 6.04 Å². The number of para-hydroxylation sites is 1. The Bertz CT molecular complexity index is 795. The van der Waals surface area contributed by atoms with Crippen LogP contribution in [0.3, 0.4) is 0 Å². The lowest BCUT2D eigenvalue weighted by Crippen LogP contribution is -2.43. The van der Waals surface area contributed by atoms with Gasteiger partial charge in [-0.3, -0.25) is 0 Å². The number of nitrogen functional groups attached to an aromatic ring is 1. The summed E-state index contributed by atoms with van der Waals surface area (Å²) in [7, 11) is -1.43. The molecule has 0 amide bonds. The molecule has 5 nitrogen and oxygen atoms in total. The van der Waals surface area contributed by atoms with Crippen LogP contribution < -0.4 is 10.5 Å². The Kier molecular flexibility index (Phi) is 4.89. The molecule has 0 saturated carbocycles. The number of piperidine rings is 1. The number of nitrogens with zero attached hydrogens (tertiary/aromatic N) is 1. The molecule has 1 saturated heterocycles. The summed E-state index contributed by atoms with van der Waals surface area (Å²) in [4.78, 5) is 2.50. The monoisotopic (exact) mass is 345 g/mol. The van der Waals surface area contributed by atoms with Crippen LogP contribution in [0.4, 0.5) is 5.69 Å². The van der Waals surface area contributed by atoms with Gasteiger partial charge in [-0.1, -0.05) is 30.3 Å². The Balaban J connectivity index is 1.76. The molecule has 2 aromatic rings. The van der Waals surface area contributed by atoms with Crippen LogP contribution in [0.5, 0.6) is 0 Å². The summed E-state index contributed by atoms with van der Waals surface area (Å²) in [6, 6.07) is 14.4. The predicted molar refractivity (Wildman–Crippen MR) is 97.1 cm³/mol. The van der Waals surface area contributed by atoms with E-state index < -0.39 is 10.0 Å². The van der Waals surface area contributed by atoms with Gasteiger partial charge in [-0.05, 0) is 56.7 Å². The van der Waals surface area contributed by atoms with Crippen molar-refractivity contribution in [3.05, 3.63) is 48.5 Å². The Morgan fingerprint density at radius 3 is 2.29 bits per heavy atom. The molecule has 1 heterocycles. The summed E-state index contributed by atoms with van der Waals surface area (Å²) in [6.45, 7) is 1.83. The van der Waals surface area contributed by atoms with Crippen molar-refractivity contribution < 1.29 is 8.42 Å². The normalized spacial score (nSPS) is 17.0. The highest BCUT2D eigenvalue weighted by molar-refractivity contribution is 7.89. The Morgan fingerprint density at radius 1 is 1.04 bits per heavy atom. The van der Waals surface area contributed by atoms with Crippen LogP contribution in [0.1, 0.15) is 12.8 Å². The number of rotatable bonds is 4. The maximum atomic E-state index is 12.5. The van der Waals surface area contributed by atoms with E-state index in [1.54, 1.807) is 24.3 Å². The predicted octanol–water partition coefficient (Wildman–Crippen LogP) is 2.31. The summed E-state index contributed by atoms with van der Waals surface area (Å²) in [5.74, 6) is 0. The standard InChI is InChI=1S/C18H23N3O2S/c1-21-12-10-15(11-13-21)20-24(22,23)16-8-6-14(7-9-16)17-4-2-3-5-18(17)19/h2-9,15,20H,10-13,19H2,1H3. The molecule has 3 N–H and O–H groups in total. The van der Waals surface area contributed by atoms with E-state index in [1.165, 1.54) is 0 Å². The van der Waals surface area contributed by atoms with Gasteiger partial charge in [-0.25, -0.2) is 13.1 Å². The molecule has 128 valence electrons. The fraction of sp³-hybridized carbons (Fsp3) is 0.333. The minimum absolute atomic E-state index is 0.00986. The topological polar surface area (TPSA) is 75.4 Å². The van der Waals surface area contributed by atoms with Gasteiger partial charge in [0.25, 0.3) is 0 Å². The molecule has 1 aliphatic rings. The van der Waals surface area contributed by atoms with E-state index in [9.17, 15) is 8.42 Å². The third kappa shape index (κ3) is 3.77. The first-order valence-corrected chi connectivity index (χ1v) is 9.60. The lowest BCUT2D eigenvalue weighted by Gasteiger charge is -2.29. The highest BCUT2D eigenvalue weighted by atomic mass is 32.2. The van der Waals surface area contributed by atoms with Crippen molar-refractivity contribution in [3.8, 4) is 11.1 Å². The first-order valence-electron chi connectivity index (χ1n) is 8.11. The van der Waals surface area contributed by atoms with E-state index in [1.807, 2.05) is 24.3 Å². The van der Waals surface area contributed by atoms with Crippen molar-refractivity contribution in [1.82, 2.24) is 9.62 Å². The maximum Gasteiger partial charge on any atom is 0.240 e. The van der Waals surface area contributed by atoms with Crippen molar-refractivity contribution in [2.45, 2.75) is 23.8 Å². The fourth-order valence-electron chi connectivity index (χ4n) is 2.99. The van der Waals surface area contributed by atoms with Gasteiger partial charge in [0.05, 0.1) is 4.90 Å². The highest BCUT2D eigenvalue weighted by Crippen LogP contribution is 2.26. The van der Waals surface area contributed by atoms with Crippen LogP contribution >= 0.6 is 0 Å². The third-order valence-corrected chi connectivity index (χ3v) is 6.01. The maximum absolute atomic E-state index is 12.5. The molecule has 6 heteroatoms. The summed E-state index contributed by atoms with van der Waals surface area (Å²) < 4.78 is 27.9. The number of sulfonamides is 1. The van der Waals surface area contributed by atoms with Crippen LogP contribution in [-0.2, 0) is 10.0 Å². The summed E-state index contributed by atoms with van der Waals surface area (Å²) in [6.07, 6.45) is 1.68. The molecule has 0 aliphatic carbocycles. The first-order chi connectivity index (χ1) is 11.5. The van der Waals surface area contributed by atoms with E-state index in [0.29, 0.717) is 10.6 Å². The quantitative estimate of drug-likeness (QED) is 0.834. The van der Waals surface area contributed by atoms with E-state index in [4.69, 9.17) is 5.73 Å². The summed E-state index contributed by atoms with van der Waals surface area (Å²) in [5.41, 5.74) is 8.47. The smallest absolute Gasteiger partial charge is 0.240 e. The second kappa shape index (κ2) is 6.93. The number of likely N-dealkylation sites (tertiary alicyclic amines) is 1. The summed E-state index contributed by atoms with van der Waals surface area (Å²) >= 11 is 0. The number of benzene rings is 2. The average molecular weight is 345 g/mol. The number of hydrogen-bond donors (Lipinski definition) is 2. The molecule has 24 heavy (non-hydrogen) atoms. The Morgan fingerprint density at radius 2 is 1.67 bits per heavy atom. The molecule has 2 aromatic carbocycles. The third-order valence-electron chi connectivity index (χ3n) is 4.48. The van der Waals surface area contributed by atoms with Crippen molar-refractivity contribution in [3.63, 3.8) is 0 Å². The van der Waals surface area contributed by atoms with Gasteiger partial charge >= 0.3 is 0 Å². The number of nitrogens with two attached hydrogens (primary N) is 1. The minimum atomic E-state index is -3.49. The van der Waals surface area contributed by atoms with Crippen molar-refractivity contribution in [2.24, 2.45) is 0 Å². The van der Waals surface area contributed by atoms with Gasteiger partial charge in [0, 0.05) is 17.3 Å². The van der Waals surface area contributed by atoms with Crippen LogP contribution in [-0.4, -0.2) is 39.5 Å². The molecular weight excluding hydrogens is 322 g/mol. The molecule has 0 aromatic heterocycles. The van der Waals surface area contributed by atoms with Gasteiger partial charge in [0.1, 0.15) is 0 Å². The van der Waals surface area contributed by atoms with Gasteiger partial charge in [0.2, 0.25) is 10.0 Å². The molecule has 0 atom stereocenters. The molecule has 0 unspecified atom stereocenters. The largest absolute Gasteiger partial charge is 0.398 e. The molecular formula is C18H23N3O2S. The Hall–Kier alpha value is -1.89. The fourth-order valence-corrected chi connectivity index (χ4v) is 4.29. The van der Waals surface area contributed by atoms with Crippen molar-refractivity contribution in [2.75, 3.05) is 25.9 Å². The zero-order chi connectivity index (χ0) is 17.2. The number of hydrogen-bond acceptors (Lipinski definition) is 4. The Labute approximate surface area is 143 Å². The lowest BCUT2D eigenvalue weighted by molar-refractivity contribution is 0.248. The van der Waals surface area contributed by atoms with Crippen LogP contribution in [0, 0.1) is 0 Å². The first kappa shape index (κ1) is 17.0. The second-order valence-corrected chi connectivity index (χ2v) is 8.02. The van der Waals surface area contributed by atoms with Gasteiger partial charge < -0.3 is 10.6 Å². The van der Waals surface area contributed by atoms with Crippen LogP contribution in [0.25, 0.3) is 11.1 Å². The molecule has 1 aliphatic heterocycles. The van der Waals surface area contributed by atoms with E-state index in [0.717, 1.165) is 37.1 Å². The SMILES string of the molecule is CN1CCC(NS(=O)(=O)c2ccc(-c3ccccc3N)cc2)CC1.